The lowest BCUT2D eigenvalue weighted by Crippen LogP contribution is -2.49. The molecule has 1 N–H and O–H groups in total. The smallest absolute Gasteiger partial charge is 0.182 e. The molecule has 0 saturated carbocycles. The van der Waals surface area contributed by atoms with Crippen LogP contribution >= 0.6 is 11.3 Å². The highest BCUT2D eigenvalue weighted by molar-refractivity contribution is 7.16. The molecule has 3 nitrogen and oxygen atoms in total. The van der Waals surface area contributed by atoms with Crippen LogP contribution in [0.15, 0.2) is 6.20 Å². The van der Waals surface area contributed by atoms with E-state index in [2.05, 4.69) is 30.9 Å². The lowest BCUT2D eigenvalue weighted by molar-refractivity contribution is 0.187. The van der Waals surface area contributed by atoms with Crippen molar-refractivity contribution in [1.29, 1.82) is 0 Å². The van der Waals surface area contributed by atoms with Crippen molar-refractivity contribution in [2.24, 2.45) is 0 Å². The minimum Gasteiger partial charge on any atom is -0.365 e. The molecule has 1 aliphatic rings. The minimum absolute atomic E-state index is 0.132. The van der Waals surface area contributed by atoms with E-state index in [1.807, 2.05) is 13.2 Å². The van der Waals surface area contributed by atoms with Crippen molar-refractivity contribution in [3.63, 3.8) is 0 Å². The maximum absolute atomic E-state index is 4.38. The maximum atomic E-state index is 4.38. The summed E-state index contributed by atoms with van der Waals surface area (Å²) in [5, 5.41) is 4.26. The highest BCUT2D eigenvalue weighted by Crippen LogP contribution is 2.31. The van der Waals surface area contributed by atoms with Crippen molar-refractivity contribution in [3.05, 3.63) is 11.1 Å². The van der Waals surface area contributed by atoms with Crippen LogP contribution in [0.3, 0.4) is 0 Å². The largest absolute Gasteiger partial charge is 0.365 e. The second-order valence-electron chi connectivity index (χ2n) is 4.89. The zero-order valence-electron chi connectivity index (χ0n) is 10.4. The van der Waals surface area contributed by atoms with Crippen LogP contribution in [-0.4, -0.2) is 45.7 Å². The Balaban J connectivity index is 2.15. The average molecular weight is 235 g/mol. The third-order valence-electron chi connectivity index (χ3n) is 3.47. The molecule has 16 heavy (non-hydrogen) atoms. The lowest BCUT2D eigenvalue weighted by atomic mass is 9.59. The summed E-state index contributed by atoms with van der Waals surface area (Å²) in [6, 6.07) is 0. The zero-order chi connectivity index (χ0) is 11.6. The number of likely N-dealkylation sites (tertiary alicyclic amines) is 1. The summed E-state index contributed by atoms with van der Waals surface area (Å²) in [6.07, 6.45) is 6.07. The number of thiazole rings is 1. The van der Waals surface area contributed by atoms with Gasteiger partial charge in [-0.1, -0.05) is 6.42 Å². The molecule has 1 aromatic heterocycles. The second kappa shape index (κ2) is 4.80. The van der Waals surface area contributed by atoms with Gasteiger partial charge in [0.05, 0.1) is 0 Å². The van der Waals surface area contributed by atoms with Crippen LogP contribution in [-0.2, 0) is 5.34 Å². The van der Waals surface area contributed by atoms with Crippen LogP contribution in [0.25, 0.3) is 0 Å². The average Bonchev–Trinajstić information content (AvgIpc) is 2.79. The van der Waals surface area contributed by atoms with Gasteiger partial charge in [0, 0.05) is 18.1 Å². The van der Waals surface area contributed by atoms with E-state index >= 15 is 0 Å². The molecule has 1 saturated heterocycles. The van der Waals surface area contributed by atoms with Gasteiger partial charge < -0.3 is 10.2 Å². The van der Waals surface area contributed by atoms with Gasteiger partial charge in [-0.25, -0.2) is 4.98 Å². The summed E-state index contributed by atoms with van der Waals surface area (Å²) in [6.45, 7) is 2.44. The van der Waals surface area contributed by atoms with Crippen LogP contribution in [0, 0.1) is 0 Å². The van der Waals surface area contributed by atoms with E-state index < -0.39 is 0 Å². The Morgan fingerprint density at radius 1 is 1.38 bits per heavy atom. The number of hydrogen-bond acceptors (Lipinski definition) is 4. The van der Waals surface area contributed by atoms with Crippen LogP contribution < -0.4 is 5.32 Å². The first-order chi connectivity index (χ1) is 7.64. The highest BCUT2D eigenvalue weighted by Gasteiger charge is 2.31. The molecule has 0 atom stereocenters. The van der Waals surface area contributed by atoms with Gasteiger partial charge in [0.15, 0.2) is 5.13 Å². The molecule has 0 aromatic carbocycles. The van der Waals surface area contributed by atoms with Crippen LogP contribution in [0.4, 0.5) is 5.13 Å². The van der Waals surface area contributed by atoms with E-state index in [1.54, 1.807) is 11.3 Å². The quantitative estimate of drug-likeness (QED) is 0.750. The monoisotopic (exact) mass is 235 g/mol. The zero-order valence-corrected chi connectivity index (χ0v) is 11.2. The number of anilines is 1. The molecule has 0 unspecified atom stereocenters. The molecule has 0 amide bonds. The van der Waals surface area contributed by atoms with Gasteiger partial charge in [-0.3, -0.25) is 0 Å². The molecule has 86 valence electrons. The molecule has 6 heteroatoms. The van der Waals surface area contributed by atoms with Gasteiger partial charge in [0.25, 0.3) is 0 Å². The van der Waals surface area contributed by atoms with E-state index in [-0.39, 0.29) is 5.34 Å². The standard InChI is InChI=1S/C10H19B2N3S/c1-13-9-14-7-8(16-9)10(11,12)15-5-3-2-4-6-15/h7H,2-6,11-12H2,1H3,(H,13,14). The van der Waals surface area contributed by atoms with Gasteiger partial charge in [0.2, 0.25) is 0 Å². The third-order valence-corrected chi connectivity index (χ3v) is 4.80. The first-order valence-electron chi connectivity index (χ1n) is 6.03. The Morgan fingerprint density at radius 3 is 2.62 bits per heavy atom. The molecule has 1 fully saturated rings. The fraction of sp³-hybridized carbons (Fsp3) is 0.700. The summed E-state index contributed by atoms with van der Waals surface area (Å²) in [5.41, 5.74) is 0. The first kappa shape index (κ1) is 12.0. The number of rotatable bonds is 3. The molecular weight excluding hydrogens is 216 g/mol. The summed E-state index contributed by atoms with van der Waals surface area (Å²) in [5.74, 6) is 0. The second-order valence-corrected chi connectivity index (χ2v) is 5.92. The SMILES string of the molecule is BC(B)(c1cnc(NC)s1)N1CCCCC1. The van der Waals surface area contributed by atoms with Crippen molar-refractivity contribution in [2.45, 2.75) is 24.6 Å². The number of hydrogen-bond donors (Lipinski definition) is 1. The highest BCUT2D eigenvalue weighted by atomic mass is 32.1. The number of nitrogens with one attached hydrogen (secondary N) is 1. The molecular formula is C10H19B2N3S. The fourth-order valence-corrected chi connectivity index (χ4v) is 3.18. The predicted octanol–water partition coefficient (Wildman–Crippen LogP) is 0.0472. The number of aromatic nitrogens is 1. The Bertz CT molecular complexity index is 348. The van der Waals surface area contributed by atoms with Crippen molar-refractivity contribution in [2.75, 3.05) is 25.5 Å². The Hall–Kier alpha value is -0.480. The van der Waals surface area contributed by atoms with E-state index in [0.717, 1.165) is 5.13 Å². The minimum atomic E-state index is 0.132. The molecule has 0 spiro atoms. The molecule has 1 aromatic rings. The topological polar surface area (TPSA) is 28.2 Å². The molecule has 2 rings (SSSR count). The molecule has 0 radical (unpaired) electrons. The van der Waals surface area contributed by atoms with Crippen molar-refractivity contribution < 1.29 is 0 Å². The molecule has 1 aliphatic heterocycles. The fourth-order valence-electron chi connectivity index (χ4n) is 2.28. The van der Waals surface area contributed by atoms with Gasteiger partial charge in [0.1, 0.15) is 15.7 Å². The maximum Gasteiger partial charge on any atom is 0.182 e. The van der Waals surface area contributed by atoms with E-state index in [9.17, 15) is 0 Å². The third kappa shape index (κ3) is 2.28. The van der Waals surface area contributed by atoms with E-state index in [4.69, 9.17) is 0 Å². The molecule has 0 bridgehead atoms. The van der Waals surface area contributed by atoms with Crippen molar-refractivity contribution in [3.8, 4) is 0 Å². The Labute approximate surface area is 103 Å². The van der Waals surface area contributed by atoms with E-state index in [1.165, 1.54) is 37.2 Å². The van der Waals surface area contributed by atoms with Crippen molar-refractivity contribution in [1.82, 2.24) is 9.88 Å². The van der Waals surface area contributed by atoms with Gasteiger partial charge in [-0.2, -0.15) is 0 Å². The van der Waals surface area contributed by atoms with Gasteiger partial charge in [-0.05, 0) is 31.3 Å². The van der Waals surface area contributed by atoms with Crippen LogP contribution in [0.1, 0.15) is 24.1 Å². The summed E-state index contributed by atoms with van der Waals surface area (Å²) in [4.78, 5) is 8.32. The Morgan fingerprint density at radius 2 is 2.06 bits per heavy atom. The Kier molecular flexibility index (Phi) is 3.60. The number of piperidine rings is 1. The summed E-state index contributed by atoms with van der Waals surface area (Å²) < 4.78 is 0. The normalized spacial score (nSPS) is 18.6. The molecule has 0 aliphatic carbocycles. The number of nitrogens with zero attached hydrogens (tertiary/aromatic N) is 2. The lowest BCUT2D eigenvalue weighted by Gasteiger charge is -2.40. The first-order valence-corrected chi connectivity index (χ1v) is 6.85. The van der Waals surface area contributed by atoms with Crippen LogP contribution in [0.2, 0.25) is 0 Å². The molecule has 2 heterocycles. The summed E-state index contributed by atoms with van der Waals surface area (Å²) in [7, 11) is 6.55. The van der Waals surface area contributed by atoms with E-state index in [0.29, 0.717) is 0 Å². The van der Waals surface area contributed by atoms with Crippen molar-refractivity contribution >= 4 is 32.2 Å². The van der Waals surface area contributed by atoms with Gasteiger partial charge in [-0.15, -0.1) is 11.3 Å². The van der Waals surface area contributed by atoms with Crippen LogP contribution in [0.5, 0.6) is 0 Å². The predicted molar refractivity (Wildman–Crippen MR) is 75.9 cm³/mol. The summed E-state index contributed by atoms with van der Waals surface area (Å²) >= 11 is 1.77. The van der Waals surface area contributed by atoms with Gasteiger partial charge >= 0.3 is 0 Å².